The Labute approximate surface area is 87.0 Å². The zero-order valence-corrected chi connectivity index (χ0v) is 9.31. The lowest BCUT2D eigenvalue weighted by molar-refractivity contribution is 0.0700. The van der Waals surface area contributed by atoms with Gasteiger partial charge in [-0.1, -0.05) is 0 Å². The number of aryl methyl sites for hydroxylation is 1. The van der Waals surface area contributed by atoms with Crippen molar-refractivity contribution in [1.29, 1.82) is 0 Å². The number of aromatic carboxylic acids is 1. The Hall–Kier alpha value is -0.870. The van der Waals surface area contributed by atoms with E-state index in [1.165, 1.54) is 11.3 Å². The number of hydrogen-bond donors (Lipinski definition) is 2. The maximum Gasteiger partial charge on any atom is 0.346 e. The molecule has 0 radical (unpaired) electrons. The summed E-state index contributed by atoms with van der Waals surface area (Å²) in [6, 6.07) is 1.83. The summed E-state index contributed by atoms with van der Waals surface area (Å²) in [5, 5.41) is 18.4. The van der Waals surface area contributed by atoms with Crippen LogP contribution in [0.4, 0.5) is 0 Å². The number of thiophene rings is 1. The summed E-state index contributed by atoms with van der Waals surface area (Å²) >= 11 is 1.23. The van der Waals surface area contributed by atoms with E-state index in [0.29, 0.717) is 11.3 Å². The monoisotopic (exact) mass is 214 g/mol. The largest absolute Gasteiger partial charge is 0.477 e. The van der Waals surface area contributed by atoms with Gasteiger partial charge in [0.05, 0.1) is 5.60 Å². The molecule has 0 aliphatic heterocycles. The topological polar surface area (TPSA) is 57.5 Å². The first-order valence-corrected chi connectivity index (χ1v) is 5.16. The van der Waals surface area contributed by atoms with Crippen LogP contribution in [0.2, 0.25) is 0 Å². The van der Waals surface area contributed by atoms with Crippen LogP contribution in [0.1, 0.15) is 34.0 Å². The zero-order valence-electron chi connectivity index (χ0n) is 8.50. The predicted octanol–water partition coefficient (Wildman–Crippen LogP) is 2.07. The minimum atomic E-state index is -0.894. The second-order valence-corrected chi connectivity index (χ2v) is 5.16. The van der Waals surface area contributed by atoms with Crippen molar-refractivity contribution in [2.24, 2.45) is 0 Å². The van der Waals surface area contributed by atoms with Gasteiger partial charge in [0, 0.05) is 11.3 Å². The number of hydrogen-bond acceptors (Lipinski definition) is 3. The number of carboxylic acids is 1. The summed E-state index contributed by atoms with van der Waals surface area (Å²) in [4.78, 5) is 12.0. The van der Waals surface area contributed by atoms with E-state index in [4.69, 9.17) is 5.11 Å². The Morgan fingerprint density at radius 3 is 2.50 bits per heavy atom. The lowest BCUT2D eigenvalue weighted by Crippen LogP contribution is -2.21. The molecule has 0 spiro atoms. The average molecular weight is 214 g/mol. The molecule has 0 bridgehead atoms. The minimum Gasteiger partial charge on any atom is -0.477 e. The van der Waals surface area contributed by atoms with Gasteiger partial charge >= 0.3 is 5.97 Å². The summed E-state index contributed by atoms with van der Waals surface area (Å²) in [5.41, 5.74) is -0.0191. The van der Waals surface area contributed by atoms with Crippen molar-refractivity contribution in [3.63, 3.8) is 0 Å². The van der Waals surface area contributed by atoms with Crippen molar-refractivity contribution < 1.29 is 15.0 Å². The van der Waals surface area contributed by atoms with Crippen LogP contribution in [-0.4, -0.2) is 21.8 Å². The fourth-order valence-electron chi connectivity index (χ4n) is 1.27. The molecule has 0 aliphatic rings. The van der Waals surface area contributed by atoms with E-state index in [9.17, 15) is 9.90 Å². The Morgan fingerprint density at radius 1 is 1.57 bits per heavy atom. The molecule has 0 unspecified atom stereocenters. The molecule has 78 valence electrons. The molecule has 0 amide bonds. The number of rotatable bonds is 3. The summed E-state index contributed by atoms with van der Waals surface area (Å²) in [6.07, 6.45) is 0.492. The molecular formula is C10H14O3S. The van der Waals surface area contributed by atoms with Gasteiger partial charge in [-0.2, -0.15) is 0 Å². The molecule has 1 heterocycles. The molecular weight excluding hydrogens is 200 g/mol. The summed E-state index contributed by atoms with van der Waals surface area (Å²) in [5.74, 6) is -0.894. The molecule has 0 saturated carbocycles. The summed E-state index contributed by atoms with van der Waals surface area (Å²) < 4.78 is 0. The quantitative estimate of drug-likeness (QED) is 0.809. The lowest BCUT2D eigenvalue weighted by atomic mass is 10.0. The highest BCUT2D eigenvalue weighted by atomic mass is 32.1. The van der Waals surface area contributed by atoms with Gasteiger partial charge in [0.25, 0.3) is 0 Å². The molecule has 0 saturated heterocycles. The van der Waals surface area contributed by atoms with Crippen LogP contribution in [0.15, 0.2) is 6.07 Å². The van der Waals surface area contributed by atoms with Gasteiger partial charge in [0.2, 0.25) is 0 Å². The Balaban J connectivity index is 2.92. The van der Waals surface area contributed by atoms with E-state index in [0.717, 1.165) is 10.4 Å². The zero-order chi connectivity index (χ0) is 10.9. The third-order valence-corrected chi connectivity index (χ3v) is 2.99. The van der Waals surface area contributed by atoms with Gasteiger partial charge in [-0.3, -0.25) is 0 Å². The van der Waals surface area contributed by atoms with Crippen molar-refractivity contribution in [2.45, 2.75) is 32.8 Å². The molecule has 0 fully saturated rings. The molecule has 1 aromatic heterocycles. The van der Waals surface area contributed by atoms with Crippen LogP contribution in [0.25, 0.3) is 0 Å². The maximum absolute atomic E-state index is 10.7. The molecule has 0 aromatic carbocycles. The molecule has 0 aliphatic carbocycles. The summed E-state index contributed by atoms with van der Waals surface area (Å²) in [6.45, 7) is 5.19. The van der Waals surface area contributed by atoms with E-state index >= 15 is 0 Å². The second kappa shape index (κ2) is 3.71. The van der Waals surface area contributed by atoms with Crippen molar-refractivity contribution in [2.75, 3.05) is 0 Å². The molecule has 0 atom stereocenters. The second-order valence-electron chi connectivity index (χ2n) is 4.02. The van der Waals surface area contributed by atoms with Crippen molar-refractivity contribution >= 4 is 17.3 Å². The van der Waals surface area contributed by atoms with Crippen LogP contribution in [0, 0.1) is 6.92 Å². The van der Waals surface area contributed by atoms with Gasteiger partial charge in [-0.15, -0.1) is 11.3 Å². The van der Waals surface area contributed by atoms with Crippen LogP contribution >= 0.6 is 11.3 Å². The van der Waals surface area contributed by atoms with Gasteiger partial charge in [0.1, 0.15) is 4.88 Å². The first-order valence-electron chi connectivity index (χ1n) is 4.34. The Morgan fingerprint density at radius 2 is 2.14 bits per heavy atom. The van der Waals surface area contributed by atoms with Crippen LogP contribution in [0.3, 0.4) is 0 Å². The molecule has 1 aromatic rings. The van der Waals surface area contributed by atoms with Crippen LogP contribution < -0.4 is 0 Å². The van der Waals surface area contributed by atoms with E-state index in [2.05, 4.69) is 0 Å². The van der Waals surface area contributed by atoms with E-state index < -0.39 is 11.6 Å². The number of aliphatic hydroxyl groups is 1. The number of carbonyl (C=O) groups is 1. The van der Waals surface area contributed by atoms with Gasteiger partial charge < -0.3 is 10.2 Å². The van der Waals surface area contributed by atoms with Crippen molar-refractivity contribution in [3.8, 4) is 0 Å². The fraction of sp³-hybridized carbons (Fsp3) is 0.500. The maximum atomic E-state index is 10.7. The first kappa shape index (κ1) is 11.2. The molecule has 3 nitrogen and oxygen atoms in total. The van der Waals surface area contributed by atoms with Gasteiger partial charge in [-0.05, 0) is 32.4 Å². The minimum absolute atomic E-state index is 0.365. The normalized spacial score (nSPS) is 11.7. The van der Waals surface area contributed by atoms with Gasteiger partial charge in [-0.25, -0.2) is 4.79 Å². The van der Waals surface area contributed by atoms with Crippen LogP contribution in [0.5, 0.6) is 0 Å². The number of carboxylic acid groups (broad SMARTS) is 1. The fourth-order valence-corrected chi connectivity index (χ4v) is 2.50. The first-order chi connectivity index (χ1) is 6.29. The van der Waals surface area contributed by atoms with E-state index in [-0.39, 0.29) is 0 Å². The highest BCUT2D eigenvalue weighted by Gasteiger charge is 2.18. The van der Waals surface area contributed by atoms with Crippen molar-refractivity contribution in [1.82, 2.24) is 0 Å². The molecule has 1 rings (SSSR count). The standard InChI is InChI=1S/C10H14O3S/c1-6-4-7(5-10(2,3)13)14-8(6)9(11)12/h4,13H,5H2,1-3H3,(H,11,12). The average Bonchev–Trinajstić information content (AvgIpc) is 2.26. The molecule has 4 heteroatoms. The van der Waals surface area contributed by atoms with Crippen LogP contribution in [-0.2, 0) is 6.42 Å². The molecule has 14 heavy (non-hydrogen) atoms. The predicted molar refractivity (Wildman–Crippen MR) is 56.0 cm³/mol. The van der Waals surface area contributed by atoms with Crippen molar-refractivity contribution in [3.05, 3.63) is 21.4 Å². The van der Waals surface area contributed by atoms with E-state index in [1.54, 1.807) is 20.8 Å². The highest BCUT2D eigenvalue weighted by molar-refractivity contribution is 7.14. The Bertz CT molecular complexity index is 347. The third-order valence-electron chi connectivity index (χ3n) is 1.77. The highest BCUT2D eigenvalue weighted by Crippen LogP contribution is 2.25. The Kier molecular flexibility index (Phi) is 2.97. The van der Waals surface area contributed by atoms with Gasteiger partial charge in [0.15, 0.2) is 0 Å². The SMILES string of the molecule is Cc1cc(CC(C)(C)O)sc1C(=O)O. The third kappa shape index (κ3) is 2.82. The lowest BCUT2D eigenvalue weighted by Gasteiger charge is -2.14. The summed E-state index contributed by atoms with van der Waals surface area (Å²) in [7, 11) is 0. The van der Waals surface area contributed by atoms with E-state index in [1.807, 2.05) is 6.07 Å². The smallest absolute Gasteiger partial charge is 0.346 e. The molecule has 2 N–H and O–H groups in total.